The smallest absolute Gasteiger partial charge is 0.369 e. The summed E-state index contributed by atoms with van der Waals surface area (Å²) in [6, 6.07) is 9.30. The van der Waals surface area contributed by atoms with Crippen LogP contribution < -0.4 is 26.2 Å². The lowest BCUT2D eigenvalue weighted by Gasteiger charge is -2.38. The van der Waals surface area contributed by atoms with Crippen molar-refractivity contribution in [2.24, 2.45) is 7.05 Å². The Morgan fingerprint density at radius 2 is 1.78 bits per heavy atom. The maximum absolute atomic E-state index is 13.8. The number of alkyl halides is 3. The first-order chi connectivity index (χ1) is 19.4. The highest BCUT2D eigenvalue weighted by Crippen LogP contribution is 2.35. The highest BCUT2D eigenvalue weighted by atomic mass is 19.4. The van der Waals surface area contributed by atoms with Gasteiger partial charge in [-0.1, -0.05) is 6.07 Å². The van der Waals surface area contributed by atoms with E-state index in [1.807, 2.05) is 32.0 Å². The van der Waals surface area contributed by atoms with Gasteiger partial charge in [0.25, 0.3) is 5.91 Å². The minimum atomic E-state index is -4.54. The predicted molar refractivity (Wildman–Crippen MR) is 154 cm³/mol. The van der Waals surface area contributed by atoms with Crippen molar-refractivity contribution >= 4 is 28.7 Å². The molecule has 2 aromatic carbocycles. The average Bonchev–Trinajstić information content (AvgIpc) is 3.54. The molecule has 5 rings (SSSR count). The summed E-state index contributed by atoms with van der Waals surface area (Å²) in [5.41, 5.74) is 10.6. The van der Waals surface area contributed by atoms with Gasteiger partial charge in [-0.15, -0.1) is 5.53 Å². The first-order valence-electron chi connectivity index (χ1n) is 13.6. The summed E-state index contributed by atoms with van der Waals surface area (Å²) < 4.78 is 43.3. The van der Waals surface area contributed by atoms with Crippen LogP contribution in [0.5, 0.6) is 0 Å². The minimum absolute atomic E-state index is 0.100. The number of benzene rings is 2. The lowest BCUT2D eigenvalue weighted by atomic mass is 10.1. The quantitative estimate of drug-likeness (QED) is 0.399. The van der Waals surface area contributed by atoms with Crippen molar-refractivity contribution in [3.8, 4) is 0 Å². The van der Waals surface area contributed by atoms with Gasteiger partial charge in [0.1, 0.15) is 0 Å². The number of amides is 1. The number of halogens is 3. The lowest BCUT2D eigenvalue weighted by molar-refractivity contribution is -0.137. The first kappa shape index (κ1) is 28.5. The third-order valence-corrected chi connectivity index (χ3v) is 7.74. The summed E-state index contributed by atoms with van der Waals surface area (Å²) in [6.45, 7) is 10.8. The van der Waals surface area contributed by atoms with E-state index in [1.54, 1.807) is 40.2 Å². The zero-order chi connectivity index (χ0) is 29.5. The molecule has 0 saturated carbocycles. The third kappa shape index (κ3) is 6.03. The third-order valence-electron chi connectivity index (χ3n) is 7.74. The van der Waals surface area contributed by atoms with Crippen LogP contribution in [0.15, 0.2) is 48.8 Å². The van der Waals surface area contributed by atoms with E-state index >= 15 is 0 Å². The number of hydrogen-bond donors (Lipinski definition) is 3. The Morgan fingerprint density at radius 1 is 1.05 bits per heavy atom. The fourth-order valence-corrected chi connectivity index (χ4v) is 5.08. The van der Waals surface area contributed by atoms with E-state index in [0.29, 0.717) is 30.4 Å². The number of nitrogens with zero attached hydrogens (tertiary/aromatic N) is 5. The van der Waals surface area contributed by atoms with Gasteiger partial charge in [0.05, 0.1) is 23.1 Å². The molecule has 9 nitrogen and oxygen atoms in total. The van der Waals surface area contributed by atoms with Crippen molar-refractivity contribution in [2.75, 3.05) is 41.4 Å². The van der Waals surface area contributed by atoms with Crippen molar-refractivity contribution in [2.45, 2.75) is 39.9 Å². The highest BCUT2D eigenvalue weighted by molar-refractivity contribution is 6.05. The number of hydrogen-bond acceptors (Lipinski definition) is 7. The number of aromatic nitrogens is 2. The molecule has 1 fully saturated rings. The van der Waals surface area contributed by atoms with E-state index in [-0.39, 0.29) is 5.69 Å². The van der Waals surface area contributed by atoms with Crippen molar-refractivity contribution in [3.63, 3.8) is 0 Å². The van der Waals surface area contributed by atoms with Crippen LogP contribution in [0, 0.1) is 13.8 Å². The highest BCUT2D eigenvalue weighted by Gasteiger charge is 2.32. The molecule has 1 amide bonds. The molecular formula is C29H35F3N8O. The summed E-state index contributed by atoms with van der Waals surface area (Å²) in [7, 11) is 1.87. The molecular weight excluding hydrogens is 533 g/mol. The van der Waals surface area contributed by atoms with E-state index < -0.39 is 17.6 Å². The van der Waals surface area contributed by atoms with Crippen LogP contribution in [0.1, 0.15) is 46.6 Å². The van der Waals surface area contributed by atoms with Crippen LogP contribution in [0.4, 0.5) is 30.2 Å². The lowest BCUT2D eigenvalue weighted by Crippen LogP contribution is -2.49. The van der Waals surface area contributed by atoms with Crippen molar-refractivity contribution in [3.05, 3.63) is 76.7 Å². The van der Waals surface area contributed by atoms with Gasteiger partial charge in [0, 0.05) is 73.7 Å². The summed E-state index contributed by atoms with van der Waals surface area (Å²) >= 11 is 0. The van der Waals surface area contributed by atoms with Gasteiger partial charge in [-0.25, -0.2) is 0 Å². The number of anilines is 3. The van der Waals surface area contributed by atoms with Crippen molar-refractivity contribution in [1.29, 1.82) is 0 Å². The first-order valence-corrected chi connectivity index (χ1v) is 13.6. The number of hydrazine groups is 2. The van der Waals surface area contributed by atoms with Crippen LogP contribution in [0.2, 0.25) is 0 Å². The van der Waals surface area contributed by atoms with E-state index in [9.17, 15) is 18.0 Å². The molecule has 3 N–H and O–H groups in total. The molecule has 1 aromatic heterocycles. The molecule has 0 radical (unpaired) electrons. The topological polar surface area (TPSA) is 80.7 Å². The Kier molecular flexibility index (Phi) is 7.71. The number of piperazine rings is 1. The van der Waals surface area contributed by atoms with E-state index in [2.05, 4.69) is 40.1 Å². The van der Waals surface area contributed by atoms with Gasteiger partial charge in [0.15, 0.2) is 0 Å². The molecule has 0 atom stereocenters. The average molecular weight is 569 g/mol. The number of carbonyl (C=O) groups excluding carboxylic acids is 1. The summed E-state index contributed by atoms with van der Waals surface area (Å²) in [6.07, 6.45) is -0.910. The SMILES string of the molecule is Cc1ccc(C(=O)Nc2cc(N3CCN(C(C)C)CC3)cc(C(F)(F)F)c2)cc1N1C=C(c2cnn(C)c2C)NN1. The molecule has 2 aliphatic heterocycles. The van der Waals surface area contributed by atoms with Crippen LogP contribution in [0.25, 0.3) is 5.70 Å². The molecule has 0 unspecified atom stereocenters. The zero-order valence-electron chi connectivity index (χ0n) is 23.8. The fourth-order valence-electron chi connectivity index (χ4n) is 5.08. The normalized spacial score (nSPS) is 16.3. The largest absolute Gasteiger partial charge is 0.416 e. The maximum Gasteiger partial charge on any atom is 0.416 e. The Morgan fingerprint density at radius 3 is 2.41 bits per heavy atom. The number of rotatable bonds is 6. The van der Waals surface area contributed by atoms with E-state index in [1.165, 1.54) is 0 Å². The summed E-state index contributed by atoms with van der Waals surface area (Å²) in [4.78, 5) is 17.5. The molecule has 41 heavy (non-hydrogen) atoms. The van der Waals surface area contributed by atoms with E-state index in [0.717, 1.165) is 53.4 Å². The fraction of sp³-hybridized carbons (Fsp3) is 0.379. The number of aryl methyl sites for hydroxylation is 2. The summed E-state index contributed by atoms with van der Waals surface area (Å²) in [5, 5.41) is 8.74. The minimum Gasteiger partial charge on any atom is -0.369 e. The second-order valence-electron chi connectivity index (χ2n) is 10.8. The van der Waals surface area contributed by atoms with E-state index in [4.69, 9.17) is 0 Å². The zero-order valence-corrected chi connectivity index (χ0v) is 23.8. The van der Waals surface area contributed by atoms with Gasteiger partial charge >= 0.3 is 6.18 Å². The molecule has 218 valence electrons. The molecule has 2 aliphatic rings. The number of nitrogens with one attached hydrogen (secondary N) is 3. The Hall–Kier alpha value is -4.03. The van der Waals surface area contributed by atoms with Crippen LogP contribution >= 0.6 is 0 Å². The van der Waals surface area contributed by atoms with Gasteiger partial charge in [-0.2, -0.15) is 18.3 Å². The molecule has 0 spiro atoms. The van der Waals surface area contributed by atoms with Gasteiger partial charge < -0.3 is 15.6 Å². The molecule has 12 heteroatoms. The molecule has 0 aliphatic carbocycles. The monoisotopic (exact) mass is 568 g/mol. The predicted octanol–water partition coefficient (Wildman–Crippen LogP) is 4.67. The van der Waals surface area contributed by atoms with Crippen LogP contribution in [0.3, 0.4) is 0 Å². The summed E-state index contributed by atoms with van der Waals surface area (Å²) in [5.74, 6) is -0.499. The molecule has 3 aromatic rings. The second-order valence-corrected chi connectivity index (χ2v) is 10.8. The van der Waals surface area contributed by atoms with Gasteiger partial charge in [0.2, 0.25) is 0 Å². The Labute approximate surface area is 237 Å². The van der Waals surface area contributed by atoms with Crippen molar-refractivity contribution < 1.29 is 18.0 Å². The molecule has 0 bridgehead atoms. The Balaban J connectivity index is 1.38. The Bertz CT molecular complexity index is 1470. The van der Waals surface area contributed by atoms with Gasteiger partial charge in [-0.3, -0.25) is 19.4 Å². The van der Waals surface area contributed by atoms with Crippen LogP contribution in [-0.4, -0.2) is 52.8 Å². The molecule has 3 heterocycles. The standard InChI is InChI=1S/C29H35F3N8O/c1-18(2)38-8-10-39(11-9-38)24-14-22(29(30,31)32)13-23(15-24)34-28(41)21-7-6-19(3)27(12-21)40-17-26(35-36-40)25-16-33-37(5)20(25)4/h6-7,12-18,35-36H,8-11H2,1-5H3,(H,34,41). The number of carbonyl (C=O) groups is 1. The van der Waals surface area contributed by atoms with Crippen LogP contribution in [-0.2, 0) is 13.2 Å². The van der Waals surface area contributed by atoms with Crippen molar-refractivity contribution in [1.82, 2.24) is 25.6 Å². The van der Waals surface area contributed by atoms with Gasteiger partial charge in [-0.05, 0) is 63.6 Å². The second kappa shape index (κ2) is 11.1. The molecule has 1 saturated heterocycles. The maximum atomic E-state index is 13.8.